The van der Waals surface area contributed by atoms with Crippen LogP contribution in [0.4, 0.5) is 0 Å². The van der Waals surface area contributed by atoms with Crippen molar-refractivity contribution in [3.63, 3.8) is 0 Å². The highest BCUT2D eigenvalue weighted by Crippen LogP contribution is 2.36. The van der Waals surface area contributed by atoms with Gasteiger partial charge in [-0.15, -0.1) is 0 Å². The highest BCUT2D eigenvalue weighted by molar-refractivity contribution is 7.46. The molecule has 0 saturated carbocycles. The number of carbonyl (C=O) groups excluding carboxylic acids is 2. The molecule has 0 aliphatic heterocycles. The first-order valence-electron chi connectivity index (χ1n) is 19.6. The van der Waals surface area contributed by atoms with Crippen LogP contribution in [0.3, 0.4) is 0 Å². The SMILES string of the molecule is CCCCCCCCCC/C=C/CCCCCC(=O)O[C@H](COC(=O)CCCC/C=C/CCCCCCCCCCC)COP(=O)(O)O. The van der Waals surface area contributed by atoms with Crippen LogP contribution in [-0.2, 0) is 28.2 Å². The maximum absolute atomic E-state index is 12.4. The Morgan fingerprint density at radius 2 is 0.875 bits per heavy atom. The average Bonchev–Trinajstić information content (AvgIpc) is 3.05. The molecule has 0 aromatic rings. The second-order valence-electron chi connectivity index (χ2n) is 13.2. The second kappa shape index (κ2) is 35.4. The monoisotopic (exact) mass is 701 g/mol. The van der Waals surface area contributed by atoms with Gasteiger partial charge >= 0.3 is 19.8 Å². The van der Waals surface area contributed by atoms with E-state index in [1.807, 2.05) is 0 Å². The minimum Gasteiger partial charge on any atom is -0.462 e. The van der Waals surface area contributed by atoms with Gasteiger partial charge in [0.2, 0.25) is 0 Å². The van der Waals surface area contributed by atoms with E-state index in [0.29, 0.717) is 12.8 Å². The van der Waals surface area contributed by atoms with Gasteiger partial charge in [-0.05, 0) is 64.2 Å². The molecule has 0 aliphatic carbocycles. The predicted molar refractivity (Wildman–Crippen MR) is 198 cm³/mol. The number of hydrogen-bond acceptors (Lipinski definition) is 6. The zero-order valence-electron chi connectivity index (χ0n) is 30.9. The standard InChI is InChI=1S/C39H73O8P/c1-3-5-7-9-11-13-15-17-19-21-23-25-27-29-31-33-38(40)45-35-37(36-46-48(42,43)44)47-39(41)34-32-30-28-26-24-22-20-18-16-14-12-10-8-6-4-2/h22-25,37H,3-21,26-36H2,1-2H3,(H2,42,43,44)/b24-22+,25-23+/t37-/m1/s1. The summed E-state index contributed by atoms with van der Waals surface area (Å²) < 4.78 is 26.3. The highest BCUT2D eigenvalue weighted by atomic mass is 31.2. The van der Waals surface area contributed by atoms with Crippen LogP contribution in [-0.4, -0.2) is 41.0 Å². The smallest absolute Gasteiger partial charge is 0.462 e. The molecular weight excluding hydrogens is 627 g/mol. The van der Waals surface area contributed by atoms with E-state index >= 15 is 0 Å². The molecule has 0 bridgehead atoms. The molecule has 9 heteroatoms. The molecule has 2 N–H and O–H groups in total. The van der Waals surface area contributed by atoms with Crippen LogP contribution >= 0.6 is 7.82 Å². The van der Waals surface area contributed by atoms with Crippen LogP contribution in [0.25, 0.3) is 0 Å². The third kappa shape index (κ3) is 37.4. The number of carbonyl (C=O) groups is 2. The Morgan fingerprint density at radius 3 is 1.31 bits per heavy atom. The van der Waals surface area contributed by atoms with Gasteiger partial charge in [0.1, 0.15) is 6.61 Å². The van der Waals surface area contributed by atoms with E-state index in [1.54, 1.807) is 0 Å². The van der Waals surface area contributed by atoms with Gasteiger partial charge in [0.05, 0.1) is 6.61 Å². The van der Waals surface area contributed by atoms with Crippen molar-refractivity contribution in [2.45, 2.75) is 200 Å². The molecule has 282 valence electrons. The van der Waals surface area contributed by atoms with Gasteiger partial charge in [0.15, 0.2) is 6.10 Å². The van der Waals surface area contributed by atoms with E-state index in [2.05, 4.69) is 42.7 Å². The van der Waals surface area contributed by atoms with E-state index in [-0.39, 0.29) is 19.4 Å². The first-order chi connectivity index (χ1) is 23.3. The van der Waals surface area contributed by atoms with Crippen molar-refractivity contribution in [3.8, 4) is 0 Å². The zero-order chi connectivity index (χ0) is 35.4. The summed E-state index contributed by atoms with van der Waals surface area (Å²) in [5, 5.41) is 0. The van der Waals surface area contributed by atoms with Crippen molar-refractivity contribution in [2.75, 3.05) is 13.2 Å². The number of phosphoric acid groups is 1. The van der Waals surface area contributed by atoms with Crippen LogP contribution < -0.4 is 0 Å². The maximum Gasteiger partial charge on any atom is 0.469 e. The molecule has 0 heterocycles. The van der Waals surface area contributed by atoms with Crippen molar-refractivity contribution in [2.24, 2.45) is 0 Å². The molecule has 0 aliphatic rings. The van der Waals surface area contributed by atoms with Crippen molar-refractivity contribution in [1.29, 1.82) is 0 Å². The minimum atomic E-state index is -4.76. The Morgan fingerprint density at radius 1 is 0.521 bits per heavy atom. The number of esters is 2. The highest BCUT2D eigenvalue weighted by Gasteiger charge is 2.22. The number of hydrogen-bond donors (Lipinski definition) is 2. The fourth-order valence-corrected chi connectivity index (χ4v) is 5.84. The van der Waals surface area contributed by atoms with Gasteiger partial charge in [-0.25, -0.2) is 4.57 Å². The normalized spacial score (nSPS) is 12.7. The summed E-state index contributed by atoms with van der Waals surface area (Å²) in [6.07, 6.45) is 39.0. The summed E-state index contributed by atoms with van der Waals surface area (Å²) in [6.45, 7) is 3.65. The van der Waals surface area contributed by atoms with Crippen LogP contribution in [0, 0.1) is 0 Å². The van der Waals surface area contributed by atoms with Gasteiger partial charge in [-0.3, -0.25) is 14.1 Å². The molecule has 0 unspecified atom stereocenters. The largest absolute Gasteiger partial charge is 0.469 e. The third-order valence-corrected chi connectivity index (χ3v) is 8.93. The molecular formula is C39H73O8P. The van der Waals surface area contributed by atoms with E-state index < -0.39 is 32.5 Å². The zero-order valence-corrected chi connectivity index (χ0v) is 31.8. The van der Waals surface area contributed by atoms with Crippen LogP contribution in [0.2, 0.25) is 0 Å². The van der Waals surface area contributed by atoms with Gasteiger partial charge in [0.25, 0.3) is 0 Å². The van der Waals surface area contributed by atoms with E-state index in [9.17, 15) is 14.2 Å². The summed E-state index contributed by atoms with van der Waals surface area (Å²) in [4.78, 5) is 42.7. The molecule has 0 saturated heterocycles. The number of allylic oxidation sites excluding steroid dienone is 4. The molecule has 8 nitrogen and oxygen atoms in total. The molecule has 0 radical (unpaired) electrons. The molecule has 0 amide bonds. The fourth-order valence-electron chi connectivity index (χ4n) is 5.48. The summed E-state index contributed by atoms with van der Waals surface area (Å²) in [5.74, 6) is -0.925. The molecule has 0 fully saturated rings. The quantitative estimate of drug-likeness (QED) is 0.0287. The lowest BCUT2D eigenvalue weighted by Crippen LogP contribution is -2.29. The number of phosphoric ester groups is 1. The maximum atomic E-state index is 12.4. The van der Waals surface area contributed by atoms with Gasteiger partial charge < -0.3 is 19.3 Å². The van der Waals surface area contributed by atoms with Crippen molar-refractivity contribution in [3.05, 3.63) is 24.3 Å². The summed E-state index contributed by atoms with van der Waals surface area (Å²) >= 11 is 0. The van der Waals surface area contributed by atoms with Gasteiger partial charge in [0, 0.05) is 12.8 Å². The van der Waals surface area contributed by atoms with E-state index in [0.717, 1.165) is 44.9 Å². The molecule has 0 rings (SSSR count). The Hall–Kier alpha value is -1.47. The van der Waals surface area contributed by atoms with Gasteiger partial charge in [-0.1, -0.05) is 141 Å². The van der Waals surface area contributed by atoms with Crippen LogP contribution in [0.15, 0.2) is 24.3 Å². The first kappa shape index (κ1) is 46.5. The lowest BCUT2D eigenvalue weighted by Gasteiger charge is -2.18. The molecule has 1 atom stereocenters. The number of rotatable bonds is 36. The molecule has 0 spiro atoms. The lowest BCUT2D eigenvalue weighted by atomic mass is 10.1. The lowest BCUT2D eigenvalue weighted by molar-refractivity contribution is -0.161. The Bertz CT molecular complexity index is 838. The molecule has 0 aromatic carbocycles. The summed E-state index contributed by atoms with van der Waals surface area (Å²) in [6, 6.07) is 0. The minimum absolute atomic E-state index is 0.189. The number of ether oxygens (including phenoxy) is 2. The Labute approximate surface area is 294 Å². The van der Waals surface area contributed by atoms with Crippen molar-refractivity contribution >= 4 is 19.8 Å². The molecule has 0 aromatic heterocycles. The topological polar surface area (TPSA) is 119 Å². The van der Waals surface area contributed by atoms with Crippen molar-refractivity contribution < 1.29 is 37.9 Å². The van der Waals surface area contributed by atoms with Crippen molar-refractivity contribution in [1.82, 2.24) is 0 Å². The third-order valence-electron chi connectivity index (χ3n) is 8.44. The van der Waals surface area contributed by atoms with Crippen LogP contribution in [0.5, 0.6) is 0 Å². The average molecular weight is 701 g/mol. The van der Waals surface area contributed by atoms with E-state index in [1.165, 1.54) is 109 Å². The first-order valence-corrected chi connectivity index (χ1v) is 21.2. The van der Waals surface area contributed by atoms with E-state index in [4.69, 9.17) is 19.3 Å². The van der Waals surface area contributed by atoms with Crippen LogP contribution in [0.1, 0.15) is 194 Å². The number of unbranched alkanes of at least 4 members (excludes halogenated alkanes) is 22. The Balaban J connectivity index is 3.99. The summed E-state index contributed by atoms with van der Waals surface area (Å²) in [5.41, 5.74) is 0. The van der Waals surface area contributed by atoms with Gasteiger partial charge in [-0.2, -0.15) is 0 Å². The molecule has 48 heavy (non-hydrogen) atoms. The Kier molecular flexibility index (Phi) is 34.3. The fraction of sp³-hybridized carbons (Fsp3) is 0.846. The summed E-state index contributed by atoms with van der Waals surface area (Å²) in [7, 11) is -4.76. The predicted octanol–water partition coefficient (Wildman–Crippen LogP) is 11.6. The second-order valence-corrected chi connectivity index (χ2v) is 14.5.